The number of piperazine rings is 1. The topological polar surface area (TPSA) is 24.5 Å². The maximum atomic E-state index is 5.73. The van der Waals surface area contributed by atoms with Crippen molar-refractivity contribution < 1.29 is 4.74 Å². The molecule has 5 atom stereocenters. The maximum Gasteiger partial charge on any atom is 0.0588 e. The van der Waals surface area contributed by atoms with Gasteiger partial charge in [-0.15, -0.1) is 0 Å². The minimum Gasteiger partial charge on any atom is -0.378 e. The number of rotatable bonds is 5. The first-order chi connectivity index (χ1) is 9.15. The molecule has 0 aromatic rings. The van der Waals surface area contributed by atoms with E-state index in [1.165, 1.54) is 32.4 Å². The Hall–Kier alpha value is -0.120. The lowest BCUT2D eigenvalue weighted by molar-refractivity contribution is 0.0589. The second-order valence-electron chi connectivity index (χ2n) is 6.54. The monoisotopic (exact) mass is 268 g/mol. The predicted molar refractivity (Wildman–Crippen MR) is 80.4 cm³/mol. The normalized spacial score (nSPS) is 38.5. The van der Waals surface area contributed by atoms with Crippen molar-refractivity contribution in [2.45, 2.75) is 65.1 Å². The SMILES string of the molecule is CCC(C)C1CN(CC2CCOC2C)C(CC)CN1. The number of nitrogens with zero attached hydrogens (tertiary/aromatic N) is 1. The molecule has 0 spiro atoms. The average molecular weight is 268 g/mol. The minimum absolute atomic E-state index is 0.453. The van der Waals surface area contributed by atoms with Crippen LogP contribution in [0.1, 0.15) is 47.0 Å². The molecule has 0 bridgehead atoms. The van der Waals surface area contributed by atoms with Crippen molar-refractivity contribution in [2.75, 3.05) is 26.2 Å². The molecule has 19 heavy (non-hydrogen) atoms. The van der Waals surface area contributed by atoms with E-state index in [4.69, 9.17) is 4.74 Å². The standard InChI is InChI=1S/C16H32N2O/c1-5-12(3)16-11-18(15(6-2)9-17-16)10-14-7-8-19-13(14)4/h12-17H,5-11H2,1-4H3. The van der Waals surface area contributed by atoms with Gasteiger partial charge in [0.25, 0.3) is 0 Å². The summed E-state index contributed by atoms with van der Waals surface area (Å²) in [5.74, 6) is 1.52. The molecule has 3 heteroatoms. The molecule has 1 N–H and O–H groups in total. The van der Waals surface area contributed by atoms with Gasteiger partial charge in [0.05, 0.1) is 6.10 Å². The predicted octanol–water partition coefficient (Wildman–Crippen LogP) is 2.51. The molecule has 2 fully saturated rings. The summed E-state index contributed by atoms with van der Waals surface area (Å²) in [6.07, 6.45) is 4.22. The summed E-state index contributed by atoms with van der Waals surface area (Å²) in [4.78, 5) is 2.74. The highest BCUT2D eigenvalue weighted by atomic mass is 16.5. The summed E-state index contributed by atoms with van der Waals surface area (Å²) < 4.78 is 5.73. The fourth-order valence-electron chi connectivity index (χ4n) is 3.49. The largest absolute Gasteiger partial charge is 0.378 e. The van der Waals surface area contributed by atoms with Gasteiger partial charge in [-0.2, -0.15) is 0 Å². The van der Waals surface area contributed by atoms with Crippen LogP contribution in [0.4, 0.5) is 0 Å². The molecular formula is C16H32N2O. The molecule has 3 nitrogen and oxygen atoms in total. The summed E-state index contributed by atoms with van der Waals surface area (Å²) >= 11 is 0. The van der Waals surface area contributed by atoms with Gasteiger partial charge in [0, 0.05) is 38.3 Å². The van der Waals surface area contributed by atoms with Crippen molar-refractivity contribution in [3.05, 3.63) is 0 Å². The van der Waals surface area contributed by atoms with Crippen LogP contribution in [-0.2, 0) is 4.74 Å². The highest BCUT2D eigenvalue weighted by Gasteiger charge is 2.33. The molecule has 2 heterocycles. The van der Waals surface area contributed by atoms with Crippen molar-refractivity contribution in [1.29, 1.82) is 0 Å². The summed E-state index contributed by atoms with van der Waals surface area (Å²) in [7, 11) is 0. The Morgan fingerprint density at radius 1 is 1.37 bits per heavy atom. The lowest BCUT2D eigenvalue weighted by Gasteiger charge is -2.43. The molecule has 0 aromatic heterocycles. The van der Waals surface area contributed by atoms with Crippen LogP contribution in [0.5, 0.6) is 0 Å². The van der Waals surface area contributed by atoms with E-state index >= 15 is 0 Å². The van der Waals surface area contributed by atoms with Crippen LogP contribution in [0, 0.1) is 11.8 Å². The van der Waals surface area contributed by atoms with Gasteiger partial charge in [-0.1, -0.05) is 27.2 Å². The molecule has 5 unspecified atom stereocenters. The molecule has 0 saturated carbocycles. The third-order valence-electron chi connectivity index (χ3n) is 5.37. The van der Waals surface area contributed by atoms with Crippen LogP contribution in [0.2, 0.25) is 0 Å². The Bertz CT molecular complexity index is 271. The summed E-state index contributed by atoms with van der Waals surface area (Å²) in [6.45, 7) is 13.8. The second kappa shape index (κ2) is 7.05. The number of hydrogen-bond donors (Lipinski definition) is 1. The van der Waals surface area contributed by atoms with E-state index < -0.39 is 0 Å². The first-order valence-electron chi connectivity index (χ1n) is 8.24. The van der Waals surface area contributed by atoms with Crippen molar-refractivity contribution in [3.63, 3.8) is 0 Å². The number of ether oxygens (including phenoxy) is 1. The Kier molecular flexibility index (Phi) is 5.67. The molecule has 2 aliphatic heterocycles. The zero-order valence-electron chi connectivity index (χ0n) is 13.2. The van der Waals surface area contributed by atoms with Gasteiger partial charge in [0.2, 0.25) is 0 Å². The molecule has 112 valence electrons. The maximum absolute atomic E-state index is 5.73. The molecular weight excluding hydrogens is 236 g/mol. The summed E-state index contributed by atoms with van der Waals surface area (Å²) in [5, 5.41) is 3.76. The zero-order chi connectivity index (χ0) is 13.8. The van der Waals surface area contributed by atoms with Crippen LogP contribution in [-0.4, -0.2) is 49.3 Å². The Balaban J connectivity index is 1.93. The summed E-state index contributed by atoms with van der Waals surface area (Å²) in [5.41, 5.74) is 0. The van der Waals surface area contributed by atoms with Crippen molar-refractivity contribution >= 4 is 0 Å². The lowest BCUT2D eigenvalue weighted by Crippen LogP contribution is -2.59. The Labute approximate surface area is 119 Å². The van der Waals surface area contributed by atoms with Gasteiger partial charge < -0.3 is 10.1 Å². The molecule has 2 rings (SSSR count). The molecule has 0 aromatic carbocycles. The Morgan fingerprint density at radius 3 is 2.74 bits per heavy atom. The van der Waals surface area contributed by atoms with Crippen LogP contribution < -0.4 is 5.32 Å². The van der Waals surface area contributed by atoms with Crippen LogP contribution >= 0.6 is 0 Å². The highest BCUT2D eigenvalue weighted by Crippen LogP contribution is 2.25. The van der Waals surface area contributed by atoms with E-state index in [2.05, 4.69) is 37.9 Å². The van der Waals surface area contributed by atoms with E-state index in [9.17, 15) is 0 Å². The minimum atomic E-state index is 0.453. The average Bonchev–Trinajstić information content (AvgIpc) is 2.83. The third kappa shape index (κ3) is 3.71. The first kappa shape index (κ1) is 15.3. The first-order valence-corrected chi connectivity index (χ1v) is 8.24. The van der Waals surface area contributed by atoms with E-state index in [1.807, 2.05) is 0 Å². The smallest absolute Gasteiger partial charge is 0.0588 e. The Morgan fingerprint density at radius 2 is 2.16 bits per heavy atom. The van der Waals surface area contributed by atoms with Crippen molar-refractivity contribution in [1.82, 2.24) is 10.2 Å². The molecule has 0 amide bonds. The molecule has 2 aliphatic rings. The summed E-state index contributed by atoms with van der Waals surface area (Å²) in [6, 6.07) is 1.39. The molecule has 0 radical (unpaired) electrons. The van der Waals surface area contributed by atoms with Gasteiger partial charge in [0.1, 0.15) is 0 Å². The zero-order valence-corrected chi connectivity index (χ0v) is 13.2. The fraction of sp³-hybridized carbons (Fsp3) is 1.00. The lowest BCUT2D eigenvalue weighted by atomic mass is 9.93. The van der Waals surface area contributed by atoms with E-state index in [-0.39, 0.29) is 0 Å². The van der Waals surface area contributed by atoms with Gasteiger partial charge >= 0.3 is 0 Å². The van der Waals surface area contributed by atoms with Crippen LogP contribution in [0.3, 0.4) is 0 Å². The number of hydrogen-bond acceptors (Lipinski definition) is 3. The quantitative estimate of drug-likeness (QED) is 0.829. The van der Waals surface area contributed by atoms with Gasteiger partial charge in [-0.05, 0) is 31.6 Å². The van der Waals surface area contributed by atoms with Gasteiger partial charge in [0.15, 0.2) is 0 Å². The second-order valence-corrected chi connectivity index (χ2v) is 6.54. The number of nitrogens with one attached hydrogen (secondary N) is 1. The van der Waals surface area contributed by atoms with Crippen LogP contribution in [0.25, 0.3) is 0 Å². The van der Waals surface area contributed by atoms with Gasteiger partial charge in [-0.3, -0.25) is 4.90 Å². The van der Waals surface area contributed by atoms with Crippen molar-refractivity contribution in [2.24, 2.45) is 11.8 Å². The van der Waals surface area contributed by atoms with E-state index in [1.54, 1.807) is 0 Å². The fourth-order valence-corrected chi connectivity index (χ4v) is 3.49. The van der Waals surface area contributed by atoms with Crippen molar-refractivity contribution in [3.8, 4) is 0 Å². The molecule has 0 aliphatic carbocycles. The molecule has 2 saturated heterocycles. The van der Waals surface area contributed by atoms with Gasteiger partial charge in [-0.25, -0.2) is 0 Å². The van der Waals surface area contributed by atoms with E-state index in [0.29, 0.717) is 18.2 Å². The third-order valence-corrected chi connectivity index (χ3v) is 5.37. The van der Waals surface area contributed by atoms with Crippen LogP contribution in [0.15, 0.2) is 0 Å². The van der Waals surface area contributed by atoms with E-state index in [0.717, 1.165) is 25.0 Å². The highest BCUT2D eigenvalue weighted by molar-refractivity contribution is 4.89.